The Kier molecular flexibility index (Phi) is 23.1. The van der Waals surface area contributed by atoms with Gasteiger partial charge in [0.15, 0.2) is 11.4 Å². The summed E-state index contributed by atoms with van der Waals surface area (Å²) in [7, 11) is -2.55. The summed E-state index contributed by atoms with van der Waals surface area (Å²) >= 11 is 0. The third kappa shape index (κ3) is 18.7. The molecule has 428 valence electrons. The van der Waals surface area contributed by atoms with Gasteiger partial charge in [-0.3, -0.25) is 4.18 Å². The van der Waals surface area contributed by atoms with Gasteiger partial charge in [-0.15, -0.1) is 0 Å². The number of benzene rings is 2. The van der Waals surface area contributed by atoms with Crippen molar-refractivity contribution in [2.24, 2.45) is 5.73 Å². The summed E-state index contributed by atoms with van der Waals surface area (Å²) in [5.74, 6) is 1.08. The standard InChI is InChI=1S/C28H40N6O2Si.C26H35N5O4SSi.C3H9NO/c1-20-17-31-28(32-25-9-7-8-24(25)30-12-13-35-3)33-27(20)23-18-34(19-36-14-15-37(4,5)6)26-16-21(29-2)10-11-22(23)26;1-18-15-28-26(29-22-8-7-9-24(22)35-36(3,32)33)30-25(18)21-16-31(17-34-12-13-37(4,5)6)23-14-19(27-2)10-11-20(21)23;1-5-3-2-4/h10-11,16-18,24-25,30H,7-9,12-15,19H2,1,3-6H3,(H,31,32,33);10-11,14-16,22,24H,7-9,12-13,17H2,1,3-6H3,(H,28,29,30);2-4H2,1H3/t24-,25-;22-,24+;/m00./s1. The predicted molar refractivity (Wildman–Crippen MR) is 323 cm³/mol. The molecule has 0 bridgehead atoms. The highest BCUT2D eigenvalue weighted by Crippen LogP contribution is 2.37. The second kappa shape index (κ2) is 29.2. The lowest BCUT2D eigenvalue weighted by Gasteiger charge is -2.22. The lowest BCUT2D eigenvalue weighted by molar-refractivity contribution is 0.0902. The first kappa shape index (κ1) is 62.6. The van der Waals surface area contributed by atoms with E-state index in [4.69, 9.17) is 47.2 Å². The van der Waals surface area contributed by atoms with Gasteiger partial charge in [0.25, 0.3) is 10.1 Å². The fourth-order valence-corrected chi connectivity index (χ4v) is 11.7. The minimum Gasteiger partial charge on any atom is -0.383 e. The number of nitrogens with zero attached hydrogens (tertiary/aromatic N) is 8. The van der Waals surface area contributed by atoms with Gasteiger partial charge in [-0.05, 0) is 87.7 Å². The van der Waals surface area contributed by atoms with E-state index in [1.54, 1.807) is 20.4 Å². The summed E-state index contributed by atoms with van der Waals surface area (Å²) in [6.45, 7) is 38.1. The Hall–Kier alpha value is -5.64. The van der Waals surface area contributed by atoms with Gasteiger partial charge in [0.05, 0.1) is 56.1 Å². The molecule has 5 N–H and O–H groups in total. The number of aryl methyl sites for hydroxylation is 2. The minimum absolute atomic E-state index is 0.187. The molecule has 6 aromatic rings. The first-order valence-corrected chi connectivity index (χ1v) is 36.5. The van der Waals surface area contributed by atoms with Crippen molar-refractivity contribution < 1.29 is 31.5 Å². The van der Waals surface area contributed by atoms with E-state index in [-0.39, 0.29) is 12.1 Å². The van der Waals surface area contributed by atoms with Crippen molar-refractivity contribution in [2.75, 3.05) is 70.6 Å². The SMILES string of the molecule is COCCN.[C-]#[N+]c1ccc2c(-c3nc(N[C@H]4CCC[C@@H]4NCCOC)ncc3C)cn(COCC[Si](C)(C)C)c2c1.[C-]#[N+]c1ccc2c(-c3nc(N[C@H]4CCC[C@H]4OS(C)(=O)=O)ncc3C)cn(COCC[Si](C)(C)C)c2c1. The number of fused-ring (bicyclic) bond motifs is 2. The molecule has 0 amide bonds. The Balaban J connectivity index is 0.000000235. The van der Waals surface area contributed by atoms with Crippen LogP contribution in [0.2, 0.25) is 51.4 Å². The topological polar surface area (TPSA) is 213 Å². The Morgan fingerprint density at radius 2 is 1.15 bits per heavy atom. The maximum Gasteiger partial charge on any atom is 0.264 e. The number of hydrogen-bond acceptors (Lipinski definition) is 15. The average Bonchev–Trinajstić information content (AvgIpc) is 4.32. The second-order valence-corrected chi connectivity index (χ2v) is 35.7. The van der Waals surface area contributed by atoms with Crippen LogP contribution in [0.3, 0.4) is 0 Å². The van der Waals surface area contributed by atoms with Gasteiger partial charge in [0.2, 0.25) is 11.9 Å². The number of ether oxygens (including phenoxy) is 4. The fraction of sp³-hybridized carbons (Fsp3) is 0.544. The lowest BCUT2D eigenvalue weighted by Crippen LogP contribution is -2.41. The molecular weight excluding hydrogens is 1050 g/mol. The predicted octanol–water partition coefficient (Wildman–Crippen LogP) is 11.0. The maximum absolute atomic E-state index is 11.7. The Labute approximate surface area is 470 Å². The van der Waals surface area contributed by atoms with E-state index in [0.717, 1.165) is 113 Å². The summed E-state index contributed by atoms with van der Waals surface area (Å²) in [5, 5.41) is 12.5. The van der Waals surface area contributed by atoms with Crippen molar-refractivity contribution in [1.29, 1.82) is 0 Å². The van der Waals surface area contributed by atoms with E-state index in [2.05, 4.69) is 90.4 Å². The normalized spacial score (nSPS) is 17.4. The van der Waals surface area contributed by atoms with Crippen LogP contribution in [0.5, 0.6) is 0 Å². The molecule has 0 spiro atoms. The highest BCUT2D eigenvalue weighted by molar-refractivity contribution is 7.86. The molecule has 0 saturated heterocycles. The number of hydrogen-bond donors (Lipinski definition) is 4. The zero-order chi connectivity index (χ0) is 57.3. The zero-order valence-electron chi connectivity index (χ0n) is 48.3. The molecule has 0 unspecified atom stereocenters. The van der Waals surface area contributed by atoms with Crippen LogP contribution in [0, 0.1) is 27.0 Å². The number of anilines is 2. The fourth-order valence-electron chi connectivity index (χ4n) is 9.55. The molecule has 2 saturated carbocycles. The minimum atomic E-state index is -3.55. The summed E-state index contributed by atoms with van der Waals surface area (Å²) in [6.07, 6.45) is 14.1. The van der Waals surface area contributed by atoms with Crippen LogP contribution >= 0.6 is 0 Å². The number of rotatable bonds is 24. The van der Waals surface area contributed by atoms with Gasteiger partial charge in [-0.2, -0.15) is 8.42 Å². The first-order chi connectivity index (χ1) is 37.6. The number of nitrogens with one attached hydrogen (secondary N) is 3. The van der Waals surface area contributed by atoms with E-state index in [1.165, 1.54) is 6.42 Å². The van der Waals surface area contributed by atoms with Crippen molar-refractivity contribution >= 4 is 71.3 Å². The summed E-state index contributed by atoms with van der Waals surface area (Å²) < 4.78 is 54.6. The molecule has 79 heavy (non-hydrogen) atoms. The van der Waals surface area contributed by atoms with Gasteiger partial charge < -0.3 is 49.8 Å². The van der Waals surface area contributed by atoms with Crippen LogP contribution in [0.15, 0.2) is 61.2 Å². The largest absolute Gasteiger partial charge is 0.383 e. The first-order valence-electron chi connectivity index (χ1n) is 27.3. The summed E-state index contributed by atoms with van der Waals surface area (Å²) in [4.78, 5) is 26.2. The van der Waals surface area contributed by atoms with Crippen molar-refractivity contribution in [3.05, 3.63) is 95.1 Å². The second-order valence-electron chi connectivity index (χ2n) is 22.8. The van der Waals surface area contributed by atoms with Crippen LogP contribution in [0.4, 0.5) is 23.3 Å². The van der Waals surface area contributed by atoms with Crippen molar-refractivity contribution in [2.45, 2.75) is 141 Å². The van der Waals surface area contributed by atoms with Crippen LogP contribution in [0.1, 0.15) is 49.7 Å². The van der Waals surface area contributed by atoms with E-state index < -0.39 is 32.4 Å². The highest BCUT2D eigenvalue weighted by atomic mass is 32.2. The maximum atomic E-state index is 11.7. The molecular formula is C57H84N12O7SSi2. The lowest BCUT2D eigenvalue weighted by atomic mass is 10.1. The molecule has 19 nitrogen and oxygen atoms in total. The molecule has 4 heterocycles. The quantitative estimate of drug-likeness (QED) is 0.0192. The molecule has 8 rings (SSSR count). The summed E-state index contributed by atoms with van der Waals surface area (Å²) in [6, 6.07) is 14.2. The van der Waals surface area contributed by atoms with Crippen LogP contribution in [-0.2, 0) is 46.7 Å². The smallest absolute Gasteiger partial charge is 0.264 e. The molecule has 4 atom stereocenters. The van der Waals surface area contributed by atoms with Crippen molar-refractivity contribution in [3.63, 3.8) is 0 Å². The molecule has 0 aliphatic heterocycles. The highest BCUT2D eigenvalue weighted by Gasteiger charge is 2.32. The zero-order valence-corrected chi connectivity index (χ0v) is 51.1. The monoisotopic (exact) mass is 1140 g/mol. The van der Waals surface area contributed by atoms with Gasteiger partial charge in [-0.1, -0.05) is 63.5 Å². The van der Waals surface area contributed by atoms with Crippen LogP contribution < -0.4 is 21.7 Å². The number of aromatic nitrogens is 6. The van der Waals surface area contributed by atoms with Gasteiger partial charge >= 0.3 is 0 Å². The number of nitrogens with two attached hydrogens (primary N) is 1. The van der Waals surface area contributed by atoms with Gasteiger partial charge in [-0.25, -0.2) is 29.6 Å². The Morgan fingerprint density at radius 1 is 0.684 bits per heavy atom. The van der Waals surface area contributed by atoms with E-state index >= 15 is 0 Å². The summed E-state index contributed by atoms with van der Waals surface area (Å²) in [5.41, 5.74) is 13.7. The Morgan fingerprint density at radius 3 is 1.59 bits per heavy atom. The molecule has 2 fully saturated rings. The molecule has 4 aromatic heterocycles. The van der Waals surface area contributed by atoms with E-state index in [0.29, 0.717) is 75.6 Å². The molecule has 2 aliphatic carbocycles. The van der Waals surface area contributed by atoms with E-state index in [1.807, 2.05) is 67.2 Å². The number of methoxy groups -OCH3 is 2. The van der Waals surface area contributed by atoms with Crippen molar-refractivity contribution in [1.82, 2.24) is 34.4 Å². The van der Waals surface area contributed by atoms with Crippen LogP contribution in [0.25, 0.3) is 54.0 Å². The van der Waals surface area contributed by atoms with Gasteiger partial charge in [0.1, 0.15) is 13.5 Å². The Bertz CT molecular complexity index is 3140. The average molecular weight is 1140 g/mol. The third-order valence-corrected chi connectivity index (χ3v) is 17.8. The van der Waals surface area contributed by atoms with Crippen LogP contribution in [-0.4, -0.2) is 138 Å². The third-order valence-electron chi connectivity index (χ3n) is 13.8. The molecule has 2 aliphatic rings. The van der Waals surface area contributed by atoms with Gasteiger partial charge in [0, 0.05) is 126 Å². The van der Waals surface area contributed by atoms with E-state index in [9.17, 15) is 8.42 Å². The molecule has 2 aromatic carbocycles. The molecule has 0 radical (unpaired) electrons. The molecule has 22 heteroatoms. The van der Waals surface area contributed by atoms with Crippen molar-refractivity contribution in [3.8, 4) is 22.5 Å².